The Kier molecular flexibility index (Phi) is 13.1. The molecule has 1 aromatic carbocycles. The van der Waals surface area contributed by atoms with Gasteiger partial charge in [0.2, 0.25) is 0 Å². The van der Waals surface area contributed by atoms with Gasteiger partial charge in [0.1, 0.15) is 5.52 Å². The monoisotopic (exact) mass is 398 g/mol. The Balaban J connectivity index is 1.33. The summed E-state index contributed by atoms with van der Waals surface area (Å²) in [6, 6.07) is 8.11. The second-order valence-electron chi connectivity index (χ2n) is 8.17. The van der Waals surface area contributed by atoms with Crippen LogP contribution in [0.1, 0.15) is 96.8 Å². The molecule has 0 unspecified atom stereocenters. The van der Waals surface area contributed by atoms with Gasteiger partial charge in [-0.1, -0.05) is 94.2 Å². The first-order chi connectivity index (χ1) is 14.4. The lowest BCUT2D eigenvalue weighted by molar-refractivity contribution is 0.489. The lowest BCUT2D eigenvalue weighted by atomic mass is 10.1. The molecule has 0 radical (unpaired) electrons. The highest BCUT2D eigenvalue weighted by Gasteiger charge is 2.01. The number of unbranched alkanes of at least 4 members (excludes halogenated alkanes) is 12. The Morgan fingerprint density at radius 3 is 2.14 bits per heavy atom. The van der Waals surface area contributed by atoms with Crippen molar-refractivity contribution in [1.82, 2.24) is 20.3 Å². The van der Waals surface area contributed by atoms with Crippen LogP contribution in [-0.4, -0.2) is 21.5 Å². The zero-order valence-electron chi connectivity index (χ0n) is 18.6. The SMILES string of the molecule is CCCCCCCC/C=C/CCCCCCCCNCn1nnc2ccccc21. The fourth-order valence-electron chi connectivity index (χ4n) is 3.72. The van der Waals surface area contributed by atoms with Crippen LogP contribution in [0, 0.1) is 0 Å². The fraction of sp³-hybridized carbons (Fsp3) is 0.680. The first kappa shape index (κ1) is 23.6. The van der Waals surface area contributed by atoms with E-state index in [-0.39, 0.29) is 0 Å². The van der Waals surface area contributed by atoms with Gasteiger partial charge in [-0.3, -0.25) is 5.32 Å². The third-order valence-electron chi connectivity index (χ3n) is 5.55. The van der Waals surface area contributed by atoms with E-state index in [2.05, 4.69) is 40.8 Å². The minimum absolute atomic E-state index is 0.742. The predicted octanol–water partition coefficient (Wildman–Crippen LogP) is 7.02. The number of hydrogen-bond donors (Lipinski definition) is 1. The molecule has 0 aliphatic rings. The smallest absolute Gasteiger partial charge is 0.113 e. The highest BCUT2D eigenvalue weighted by molar-refractivity contribution is 5.73. The van der Waals surface area contributed by atoms with Crippen LogP contribution < -0.4 is 5.32 Å². The Morgan fingerprint density at radius 2 is 1.41 bits per heavy atom. The molecule has 0 aliphatic heterocycles. The maximum atomic E-state index is 4.21. The zero-order valence-corrected chi connectivity index (χ0v) is 18.6. The first-order valence-electron chi connectivity index (χ1n) is 12.1. The van der Waals surface area contributed by atoms with Crippen molar-refractivity contribution in [1.29, 1.82) is 0 Å². The van der Waals surface area contributed by atoms with E-state index in [4.69, 9.17) is 0 Å². The number of nitrogens with zero attached hydrogens (tertiary/aromatic N) is 3. The molecule has 29 heavy (non-hydrogen) atoms. The highest BCUT2D eigenvalue weighted by Crippen LogP contribution is 2.10. The number of para-hydroxylation sites is 1. The lowest BCUT2D eigenvalue weighted by Crippen LogP contribution is -2.20. The number of fused-ring (bicyclic) bond motifs is 1. The van der Waals surface area contributed by atoms with Gasteiger partial charge >= 0.3 is 0 Å². The molecular weight excluding hydrogens is 356 g/mol. The molecule has 0 bridgehead atoms. The van der Waals surface area contributed by atoms with E-state index in [0.29, 0.717) is 0 Å². The number of aromatic nitrogens is 3. The molecule has 0 spiro atoms. The summed E-state index contributed by atoms with van der Waals surface area (Å²) in [5, 5.41) is 11.9. The van der Waals surface area contributed by atoms with Gasteiger partial charge in [-0.25, -0.2) is 4.68 Å². The minimum atomic E-state index is 0.742. The van der Waals surface area contributed by atoms with Crippen LogP contribution in [0.2, 0.25) is 0 Å². The normalized spacial score (nSPS) is 11.8. The molecule has 1 heterocycles. The average molecular weight is 399 g/mol. The van der Waals surface area contributed by atoms with E-state index in [9.17, 15) is 0 Å². The van der Waals surface area contributed by atoms with Crippen LogP contribution in [0.5, 0.6) is 0 Å². The van der Waals surface area contributed by atoms with E-state index in [1.54, 1.807) is 0 Å². The van der Waals surface area contributed by atoms with Crippen molar-refractivity contribution in [2.75, 3.05) is 6.54 Å². The Bertz CT molecular complexity index is 662. The Hall–Kier alpha value is -1.68. The molecule has 0 saturated carbocycles. The maximum absolute atomic E-state index is 4.21. The van der Waals surface area contributed by atoms with Crippen LogP contribution in [0.3, 0.4) is 0 Å². The summed E-state index contributed by atoms with van der Waals surface area (Å²) in [6.45, 7) is 4.07. The van der Waals surface area contributed by atoms with Crippen molar-refractivity contribution >= 4 is 11.0 Å². The molecule has 162 valence electrons. The van der Waals surface area contributed by atoms with Crippen molar-refractivity contribution in [2.45, 2.75) is 103 Å². The minimum Gasteiger partial charge on any atom is -0.298 e. The first-order valence-corrected chi connectivity index (χ1v) is 12.1. The molecule has 0 saturated heterocycles. The molecule has 2 rings (SSSR count). The summed E-state index contributed by atoms with van der Waals surface area (Å²) in [4.78, 5) is 0. The van der Waals surface area contributed by atoms with Gasteiger partial charge in [-0.05, 0) is 50.8 Å². The highest BCUT2D eigenvalue weighted by atomic mass is 15.4. The van der Waals surface area contributed by atoms with Crippen molar-refractivity contribution in [3.8, 4) is 0 Å². The van der Waals surface area contributed by atoms with Gasteiger partial charge < -0.3 is 0 Å². The lowest BCUT2D eigenvalue weighted by Gasteiger charge is -2.05. The van der Waals surface area contributed by atoms with Gasteiger partial charge in [0.25, 0.3) is 0 Å². The Morgan fingerprint density at radius 1 is 0.793 bits per heavy atom. The van der Waals surface area contributed by atoms with Crippen molar-refractivity contribution in [2.24, 2.45) is 0 Å². The molecule has 4 nitrogen and oxygen atoms in total. The van der Waals surface area contributed by atoms with Crippen LogP contribution in [0.15, 0.2) is 36.4 Å². The molecule has 0 atom stereocenters. The molecule has 4 heteroatoms. The summed E-state index contributed by atoms with van der Waals surface area (Å²) in [5.74, 6) is 0. The van der Waals surface area contributed by atoms with E-state index < -0.39 is 0 Å². The quantitative estimate of drug-likeness (QED) is 0.217. The van der Waals surface area contributed by atoms with E-state index in [0.717, 1.165) is 24.2 Å². The summed E-state index contributed by atoms with van der Waals surface area (Å²) >= 11 is 0. The third kappa shape index (κ3) is 10.6. The number of rotatable bonds is 18. The second-order valence-corrected chi connectivity index (χ2v) is 8.17. The van der Waals surface area contributed by atoms with Crippen molar-refractivity contribution in [3.05, 3.63) is 36.4 Å². The van der Waals surface area contributed by atoms with Crippen LogP contribution in [0.4, 0.5) is 0 Å². The van der Waals surface area contributed by atoms with E-state index in [1.165, 1.54) is 89.9 Å². The largest absolute Gasteiger partial charge is 0.298 e. The van der Waals surface area contributed by atoms with Gasteiger partial charge in [0.05, 0.1) is 12.2 Å². The number of allylic oxidation sites excluding steroid dienone is 2. The van der Waals surface area contributed by atoms with E-state index >= 15 is 0 Å². The summed E-state index contributed by atoms with van der Waals surface area (Å²) < 4.78 is 1.94. The second kappa shape index (κ2) is 16.2. The van der Waals surface area contributed by atoms with Gasteiger partial charge in [-0.2, -0.15) is 0 Å². The van der Waals surface area contributed by atoms with Gasteiger partial charge in [-0.15, -0.1) is 5.10 Å². The predicted molar refractivity (Wildman–Crippen MR) is 125 cm³/mol. The third-order valence-corrected chi connectivity index (χ3v) is 5.55. The van der Waals surface area contributed by atoms with E-state index in [1.807, 2.05) is 22.9 Å². The fourth-order valence-corrected chi connectivity index (χ4v) is 3.72. The zero-order chi connectivity index (χ0) is 20.4. The summed E-state index contributed by atoms with van der Waals surface area (Å²) in [6.07, 6.45) is 23.8. The van der Waals surface area contributed by atoms with Gasteiger partial charge in [0.15, 0.2) is 0 Å². The number of hydrogen-bond acceptors (Lipinski definition) is 3. The Labute approximate surface area is 178 Å². The summed E-state index contributed by atoms with van der Waals surface area (Å²) in [7, 11) is 0. The molecule has 1 N–H and O–H groups in total. The number of benzene rings is 1. The van der Waals surface area contributed by atoms with Crippen LogP contribution in [-0.2, 0) is 6.67 Å². The van der Waals surface area contributed by atoms with Crippen LogP contribution in [0.25, 0.3) is 11.0 Å². The standard InChI is InChI=1S/C25H42N4/c1-2-3-4-5-6-7-8-9-10-11-12-13-14-15-16-19-22-26-23-29-25-21-18-17-20-24(25)27-28-29/h9-10,17-18,20-21,26H,2-8,11-16,19,22-23H2,1H3/b10-9+. The van der Waals surface area contributed by atoms with Crippen LogP contribution >= 0.6 is 0 Å². The van der Waals surface area contributed by atoms with Crippen molar-refractivity contribution < 1.29 is 0 Å². The maximum Gasteiger partial charge on any atom is 0.113 e. The summed E-state index contributed by atoms with van der Waals surface area (Å²) in [5.41, 5.74) is 2.06. The molecule has 0 fully saturated rings. The van der Waals surface area contributed by atoms with Gasteiger partial charge in [0, 0.05) is 0 Å². The number of nitrogens with one attached hydrogen (secondary N) is 1. The molecule has 0 aliphatic carbocycles. The topological polar surface area (TPSA) is 42.7 Å². The molecule has 0 amide bonds. The average Bonchev–Trinajstić information content (AvgIpc) is 3.16. The molecule has 1 aromatic heterocycles. The molecule has 2 aromatic rings. The molecular formula is C25H42N4. The van der Waals surface area contributed by atoms with Crippen molar-refractivity contribution in [3.63, 3.8) is 0 Å².